The van der Waals surface area contributed by atoms with Crippen molar-refractivity contribution in [1.29, 1.82) is 0 Å². The van der Waals surface area contributed by atoms with Crippen molar-refractivity contribution in [2.24, 2.45) is 0 Å². The molecule has 0 N–H and O–H groups in total. The molecular weight excluding hydrogens is 308 g/mol. The third-order valence-corrected chi connectivity index (χ3v) is 7.93. The Bertz CT molecular complexity index is 483. The third kappa shape index (κ3) is 2.59. The molecule has 0 unspecified atom stereocenters. The molecular formula is C18H28N2O2S. The van der Waals surface area contributed by atoms with E-state index in [1.165, 1.54) is 25.7 Å². The van der Waals surface area contributed by atoms with E-state index < -0.39 is 0 Å². The fourth-order valence-corrected chi connectivity index (χ4v) is 6.62. The first-order valence-electron chi connectivity index (χ1n) is 9.38. The number of thioether (sulfide) groups is 1. The van der Waals surface area contributed by atoms with Gasteiger partial charge in [0.2, 0.25) is 11.8 Å². The minimum Gasteiger partial charge on any atom is -0.335 e. The van der Waals surface area contributed by atoms with Crippen molar-refractivity contribution >= 4 is 23.6 Å². The highest BCUT2D eigenvalue weighted by molar-refractivity contribution is 8.01. The topological polar surface area (TPSA) is 40.6 Å². The zero-order chi connectivity index (χ0) is 16.0. The smallest absolute Gasteiger partial charge is 0.246 e. The van der Waals surface area contributed by atoms with Gasteiger partial charge in [-0.1, -0.05) is 25.7 Å². The van der Waals surface area contributed by atoms with Crippen molar-refractivity contribution in [3.63, 3.8) is 0 Å². The van der Waals surface area contributed by atoms with Crippen molar-refractivity contribution in [2.45, 2.75) is 94.1 Å². The summed E-state index contributed by atoms with van der Waals surface area (Å²) in [5, 5.41) is 0. The molecule has 5 heteroatoms. The Kier molecular flexibility index (Phi) is 4.11. The summed E-state index contributed by atoms with van der Waals surface area (Å²) in [6, 6.07) is 0.654. The van der Waals surface area contributed by atoms with Crippen LogP contribution in [0.1, 0.15) is 71.1 Å². The van der Waals surface area contributed by atoms with Crippen molar-refractivity contribution in [2.75, 3.05) is 5.75 Å². The maximum Gasteiger partial charge on any atom is 0.246 e. The first-order chi connectivity index (χ1) is 11.1. The van der Waals surface area contributed by atoms with Gasteiger partial charge in [0.25, 0.3) is 0 Å². The lowest BCUT2D eigenvalue weighted by atomic mass is 10.1. The minimum absolute atomic E-state index is 0.131. The minimum atomic E-state index is -0.207. The van der Waals surface area contributed by atoms with Crippen LogP contribution in [0, 0.1) is 0 Å². The normalized spacial score (nSPS) is 35.3. The van der Waals surface area contributed by atoms with Crippen LogP contribution in [0.5, 0.6) is 0 Å². The van der Waals surface area contributed by atoms with Gasteiger partial charge in [-0.15, -0.1) is 11.8 Å². The van der Waals surface area contributed by atoms with E-state index in [0.29, 0.717) is 18.5 Å². The van der Waals surface area contributed by atoms with Crippen molar-refractivity contribution in [1.82, 2.24) is 9.80 Å². The van der Waals surface area contributed by atoms with E-state index in [2.05, 4.69) is 11.8 Å². The molecule has 0 bridgehead atoms. The summed E-state index contributed by atoms with van der Waals surface area (Å²) >= 11 is 1.82. The zero-order valence-corrected chi connectivity index (χ0v) is 14.9. The third-order valence-electron chi connectivity index (χ3n) is 6.42. The number of carbonyl (C=O) groups excluding carboxylic acids is 2. The predicted molar refractivity (Wildman–Crippen MR) is 92.1 cm³/mol. The Morgan fingerprint density at radius 2 is 1.70 bits per heavy atom. The Morgan fingerprint density at radius 1 is 1.13 bits per heavy atom. The fraction of sp³-hybridized carbons (Fsp3) is 0.889. The molecule has 23 heavy (non-hydrogen) atoms. The van der Waals surface area contributed by atoms with Gasteiger partial charge < -0.3 is 9.80 Å². The second kappa shape index (κ2) is 5.98. The average Bonchev–Trinajstić information content (AvgIpc) is 3.27. The summed E-state index contributed by atoms with van der Waals surface area (Å²) in [6.45, 7) is 2.14. The molecule has 4 rings (SSSR count). The van der Waals surface area contributed by atoms with E-state index in [-0.39, 0.29) is 22.7 Å². The van der Waals surface area contributed by atoms with Gasteiger partial charge in [0.05, 0.1) is 4.87 Å². The number of nitrogens with zero attached hydrogens (tertiary/aromatic N) is 2. The highest BCUT2D eigenvalue weighted by Gasteiger charge is 2.54. The first kappa shape index (κ1) is 15.8. The molecule has 2 aliphatic carbocycles. The lowest BCUT2D eigenvalue weighted by molar-refractivity contribution is -0.147. The molecule has 4 nitrogen and oxygen atoms in total. The molecule has 0 radical (unpaired) electrons. The van der Waals surface area contributed by atoms with E-state index in [1.54, 1.807) is 0 Å². The number of hydrogen-bond donors (Lipinski definition) is 0. The molecule has 2 heterocycles. The molecule has 2 saturated carbocycles. The van der Waals surface area contributed by atoms with E-state index in [0.717, 1.165) is 37.9 Å². The lowest BCUT2D eigenvalue weighted by Crippen LogP contribution is -2.55. The van der Waals surface area contributed by atoms with Crippen molar-refractivity contribution in [3.8, 4) is 0 Å². The Morgan fingerprint density at radius 3 is 2.26 bits per heavy atom. The van der Waals surface area contributed by atoms with Crippen LogP contribution in [0.15, 0.2) is 0 Å². The quantitative estimate of drug-likeness (QED) is 0.795. The van der Waals surface area contributed by atoms with Gasteiger partial charge in [-0.3, -0.25) is 9.59 Å². The van der Waals surface area contributed by atoms with Gasteiger partial charge in [-0.25, -0.2) is 0 Å². The van der Waals surface area contributed by atoms with Gasteiger partial charge in [0, 0.05) is 24.3 Å². The maximum atomic E-state index is 13.5. The molecule has 0 aromatic heterocycles. The lowest BCUT2D eigenvalue weighted by Gasteiger charge is -2.39. The molecule has 2 saturated heterocycles. The van der Waals surface area contributed by atoms with Gasteiger partial charge in [0.1, 0.15) is 6.04 Å². The Labute approximate surface area is 143 Å². The largest absolute Gasteiger partial charge is 0.335 e. The highest BCUT2D eigenvalue weighted by atomic mass is 32.2. The van der Waals surface area contributed by atoms with Gasteiger partial charge in [-0.2, -0.15) is 0 Å². The summed E-state index contributed by atoms with van der Waals surface area (Å²) < 4.78 is 0. The standard InChI is InChI=1S/C18H28N2O2S/c1-18-11-10-16(21)20(18)15(12-23-18)17(22)19(13-6-2-3-7-13)14-8-4-5-9-14/h13-15H,2-12H2,1H3/t15-,18-/m1/s1. The molecule has 2 atom stereocenters. The number of carbonyl (C=O) groups is 2. The summed E-state index contributed by atoms with van der Waals surface area (Å²) in [6.07, 6.45) is 11.2. The van der Waals surface area contributed by atoms with Crippen LogP contribution in [0.2, 0.25) is 0 Å². The van der Waals surface area contributed by atoms with E-state index in [9.17, 15) is 9.59 Å². The molecule has 4 fully saturated rings. The fourth-order valence-electron chi connectivity index (χ4n) is 5.20. The number of hydrogen-bond acceptors (Lipinski definition) is 3. The van der Waals surface area contributed by atoms with Gasteiger partial charge in [-0.05, 0) is 39.0 Å². The summed E-state index contributed by atoms with van der Waals surface area (Å²) in [7, 11) is 0. The van der Waals surface area contributed by atoms with Crippen LogP contribution in [0.25, 0.3) is 0 Å². The van der Waals surface area contributed by atoms with Crippen LogP contribution >= 0.6 is 11.8 Å². The van der Waals surface area contributed by atoms with E-state index in [4.69, 9.17) is 0 Å². The van der Waals surface area contributed by atoms with Gasteiger partial charge in [0.15, 0.2) is 0 Å². The molecule has 4 aliphatic rings. The van der Waals surface area contributed by atoms with Crippen LogP contribution in [-0.2, 0) is 9.59 Å². The van der Waals surface area contributed by atoms with Crippen LogP contribution in [0.3, 0.4) is 0 Å². The van der Waals surface area contributed by atoms with Crippen LogP contribution in [0.4, 0.5) is 0 Å². The molecule has 0 spiro atoms. The zero-order valence-electron chi connectivity index (χ0n) is 14.1. The van der Waals surface area contributed by atoms with Gasteiger partial charge >= 0.3 is 0 Å². The van der Waals surface area contributed by atoms with Crippen LogP contribution in [-0.4, -0.2) is 50.4 Å². The summed E-state index contributed by atoms with van der Waals surface area (Å²) in [4.78, 5) is 29.9. The molecule has 2 aliphatic heterocycles. The molecule has 0 aromatic carbocycles. The summed E-state index contributed by atoms with van der Waals surface area (Å²) in [5.41, 5.74) is 0. The second-order valence-electron chi connectivity index (χ2n) is 7.89. The van der Waals surface area contributed by atoms with Crippen molar-refractivity contribution in [3.05, 3.63) is 0 Å². The number of fused-ring (bicyclic) bond motifs is 1. The van der Waals surface area contributed by atoms with Crippen LogP contribution < -0.4 is 0 Å². The van der Waals surface area contributed by atoms with E-state index in [1.807, 2.05) is 16.7 Å². The monoisotopic (exact) mass is 336 g/mol. The summed E-state index contributed by atoms with van der Waals surface area (Å²) in [5.74, 6) is 1.24. The number of rotatable bonds is 3. The second-order valence-corrected chi connectivity index (χ2v) is 9.39. The Hall–Kier alpha value is -0.710. The highest BCUT2D eigenvalue weighted by Crippen LogP contribution is 2.48. The first-order valence-corrected chi connectivity index (χ1v) is 10.4. The van der Waals surface area contributed by atoms with E-state index >= 15 is 0 Å². The molecule has 128 valence electrons. The SMILES string of the molecule is C[C@@]12CCC(=O)N1[C@@H](C(=O)N(C1CCCC1)C1CCCC1)CS2. The maximum absolute atomic E-state index is 13.5. The number of amides is 2. The molecule has 2 amide bonds. The molecule has 0 aromatic rings. The average molecular weight is 337 g/mol. The predicted octanol–water partition coefficient (Wildman–Crippen LogP) is 3.15. The van der Waals surface area contributed by atoms with Crippen molar-refractivity contribution < 1.29 is 9.59 Å². The Balaban J connectivity index is 1.58.